The molecule has 0 bridgehead atoms. The molecule has 0 amide bonds. The molecule has 72 valence electrons. The van der Waals surface area contributed by atoms with Gasteiger partial charge in [0.05, 0.1) is 12.2 Å². The van der Waals surface area contributed by atoms with Crippen molar-refractivity contribution in [3.05, 3.63) is 23.9 Å². The van der Waals surface area contributed by atoms with E-state index in [2.05, 4.69) is 4.98 Å². The molecule has 0 fully saturated rings. The lowest BCUT2D eigenvalue weighted by Gasteiger charge is -2.05. The topological polar surface area (TPSA) is 72.0 Å². The van der Waals surface area contributed by atoms with Crippen LogP contribution >= 0.6 is 12.4 Å². The molecule has 0 atom stereocenters. The van der Waals surface area contributed by atoms with E-state index in [-0.39, 0.29) is 18.2 Å². The number of hydrogen-bond donors (Lipinski definition) is 2. The van der Waals surface area contributed by atoms with E-state index < -0.39 is 0 Å². The molecule has 5 heteroatoms. The van der Waals surface area contributed by atoms with Crippen molar-refractivity contribution in [3.8, 4) is 5.88 Å². The second-order valence-corrected chi connectivity index (χ2v) is 2.20. The SMILES string of the molecule is CCOc1ncccc1C(=N)N.Cl. The lowest BCUT2D eigenvalue weighted by molar-refractivity contribution is 0.326. The van der Waals surface area contributed by atoms with E-state index >= 15 is 0 Å². The van der Waals surface area contributed by atoms with Crippen molar-refractivity contribution in [2.45, 2.75) is 6.92 Å². The van der Waals surface area contributed by atoms with Gasteiger partial charge >= 0.3 is 0 Å². The monoisotopic (exact) mass is 201 g/mol. The number of aromatic nitrogens is 1. The molecular weight excluding hydrogens is 190 g/mol. The molecule has 0 aliphatic heterocycles. The summed E-state index contributed by atoms with van der Waals surface area (Å²) < 4.78 is 5.17. The Morgan fingerprint density at radius 1 is 1.69 bits per heavy atom. The lowest BCUT2D eigenvalue weighted by atomic mass is 10.2. The van der Waals surface area contributed by atoms with Crippen molar-refractivity contribution in [2.24, 2.45) is 5.73 Å². The zero-order chi connectivity index (χ0) is 8.97. The Morgan fingerprint density at radius 2 is 2.38 bits per heavy atom. The first-order valence-electron chi connectivity index (χ1n) is 3.68. The maximum absolute atomic E-state index is 7.21. The van der Waals surface area contributed by atoms with Crippen LogP contribution in [0, 0.1) is 5.41 Å². The Hall–Kier alpha value is -1.29. The van der Waals surface area contributed by atoms with E-state index in [4.69, 9.17) is 15.9 Å². The summed E-state index contributed by atoms with van der Waals surface area (Å²) in [5.74, 6) is 0.402. The molecule has 4 nitrogen and oxygen atoms in total. The summed E-state index contributed by atoms with van der Waals surface area (Å²) >= 11 is 0. The number of nitrogens with two attached hydrogens (primary N) is 1. The van der Waals surface area contributed by atoms with Crippen LogP contribution in [0.25, 0.3) is 0 Å². The maximum Gasteiger partial charge on any atom is 0.224 e. The number of hydrogen-bond acceptors (Lipinski definition) is 3. The Bertz CT molecular complexity index is 290. The fraction of sp³-hybridized carbons (Fsp3) is 0.250. The first-order chi connectivity index (χ1) is 5.75. The number of nitrogen functional groups attached to an aromatic ring is 1. The van der Waals surface area contributed by atoms with Crippen molar-refractivity contribution in [3.63, 3.8) is 0 Å². The number of rotatable bonds is 3. The zero-order valence-electron chi connectivity index (χ0n) is 7.28. The average Bonchev–Trinajstić information content (AvgIpc) is 2.05. The van der Waals surface area contributed by atoms with E-state index in [1.54, 1.807) is 18.3 Å². The minimum atomic E-state index is -0.0217. The highest BCUT2D eigenvalue weighted by molar-refractivity contribution is 5.96. The highest BCUT2D eigenvalue weighted by atomic mass is 35.5. The van der Waals surface area contributed by atoms with Gasteiger partial charge in [0.2, 0.25) is 5.88 Å². The number of amidine groups is 1. The highest BCUT2D eigenvalue weighted by Crippen LogP contribution is 2.12. The van der Waals surface area contributed by atoms with Gasteiger partial charge in [-0.05, 0) is 19.1 Å². The second kappa shape index (κ2) is 5.37. The molecule has 0 unspecified atom stereocenters. The lowest BCUT2D eigenvalue weighted by Crippen LogP contribution is -2.13. The molecule has 0 aromatic carbocycles. The summed E-state index contributed by atoms with van der Waals surface area (Å²) in [6, 6.07) is 3.43. The summed E-state index contributed by atoms with van der Waals surface area (Å²) in [6.45, 7) is 2.38. The van der Waals surface area contributed by atoms with Gasteiger partial charge in [0.25, 0.3) is 0 Å². The van der Waals surface area contributed by atoms with Gasteiger partial charge in [0.1, 0.15) is 5.84 Å². The summed E-state index contributed by atoms with van der Waals surface area (Å²) in [5, 5.41) is 7.21. The summed E-state index contributed by atoms with van der Waals surface area (Å²) in [7, 11) is 0. The number of nitrogens with one attached hydrogen (secondary N) is 1. The van der Waals surface area contributed by atoms with Crippen LogP contribution in [0.1, 0.15) is 12.5 Å². The molecule has 1 heterocycles. The van der Waals surface area contributed by atoms with Crippen LogP contribution in [-0.2, 0) is 0 Å². The second-order valence-electron chi connectivity index (χ2n) is 2.20. The number of pyridine rings is 1. The van der Waals surface area contributed by atoms with Gasteiger partial charge in [0.15, 0.2) is 0 Å². The van der Waals surface area contributed by atoms with Crippen molar-refractivity contribution in [1.82, 2.24) is 4.98 Å². The van der Waals surface area contributed by atoms with Crippen molar-refractivity contribution in [1.29, 1.82) is 5.41 Å². The van der Waals surface area contributed by atoms with Crippen molar-refractivity contribution >= 4 is 18.2 Å². The summed E-state index contributed by atoms with van der Waals surface area (Å²) in [6.07, 6.45) is 1.61. The first kappa shape index (κ1) is 11.7. The van der Waals surface area contributed by atoms with E-state index in [1.807, 2.05) is 6.92 Å². The fourth-order valence-corrected chi connectivity index (χ4v) is 0.848. The number of ether oxygens (including phenoxy) is 1. The van der Waals surface area contributed by atoms with Gasteiger partial charge in [-0.2, -0.15) is 0 Å². The molecule has 3 N–H and O–H groups in total. The van der Waals surface area contributed by atoms with E-state index in [0.29, 0.717) is 18.1 Å². The normalized spacial score (nSPS) is 8.69. The molecule has 1 aromatic rings. The molecule has 0 aliphatic carbocycles. The molecule has 1 rings (SSSR count). The smallest absolute Gasteiger partial charge is 0.224 e. The maximum atomic E-state index is 7.21. The van der Waals surface area contributed by atoms with Crippen LogP contribution in [0.4, 0.5) is 0 Å². The predicted octanol–water partition coefficient (Wildman–Crippen LogP) is 1.19. The van der Waals surface area contributed by atoms with Gasteiger partial charge in [-0.1, -0.05) is 0 Å². The van der Waals surface area contributed by atoms with Crippen LogP contribution in [0.5, 0.6) is 5.88 Å². The summed E-state index contributed by atoms with van der Waals surface area (Å²) in [5.41, 5.74) is 5.85. The summed E-state index contributed by atoms with van der Waals surface area (Å²) in [4.78, 5) is 3.95. The average molecular weight is 202 g/mol. The van der Waals surface area contributed by atoms with Gasteiger partial charge in [0, 0.05) is 6.20 Å². The van der Waals surface area contributed by atoms with Crippen LogP contribution in [0.15, 0.2) is 18.3 Å². The van der Waals surface area contributed by atoms with Gasteiger partial charge in [-0.15, -0.1) is 12.4 Å². The Balaban J connectivity index is 0.00000144. The van der Waals surface area contributed by atoms with Crippen LogP contribution in [0.3, 0.4) is 0 Å². The Kier molecular flexibility index (Phi) is 4.84. The molecule has 1 aromatic heterocycles. The number of nitrogens with zero attached hydrogens (tertiary/aromatic N) is 1. The van der Waals surface area contributed by atoms with Crippen LogP contribution < -0.4 is 10.5 Å². The molecule has 0 saturated heterocycles. The van der Waals surface area contributed by atoms with Crippen molar-refractivity contribution in [2.75, 3.05) is 6.61 Å². The minimum absolute atomic E-state index is 0. The quantitative estimate of drug-likeness (QED) is 0.570. The standard InChI is InChI=1S/C8H11N3O.ClH/c1-2-12-8-6(7(9)10)4-3-5-11-8;/h3-5H,2H2,1H3,(H3,9,10);1H. The molecular formula is C8H12ClN3O. The molecule has 0 aliphatic rings. The van der Waals surface area contributed by atoms with Gasteiger partial charge < -0.3 is 10.5 Å². The predicted molar refractivity (Wildman–Crippen MR) is 53.7 cm³/mol. The minimum Gasteiger partial charge on any atom is -0.477 e. The third-order valence-corrected chi connectivity index (χ3v) is 1.34. The Labute approximate surface area is 83.0 Å². The first-order valence-corrected chi connectivity index (χ1v) is 3.68. The van der Waals surface area contributed by atoms with Gasteiger partial charge in [-0.25, -0.2) is 4.98 Å². The van der Waals surface area contributed by atoms with Gasteiger partial charge in [-0.3, -0.25) is 5.41 Å². The largest absolute Gasteiger partial charge is 0.477 e. The zero-order valence-corrected chi connectivity index (χ0v) is 8.10. The van der Waals surface area contributed by atoms with E-state index in [9.17, 15) is 0 Å². The number of halogens is 1. The molecule has 0 spiro atoms. The van der Waals surface area contributed by atoms with Crippen LogP contribution in [-0.4, -0.2) is 17.4 Å². The molecule has 13 heavy (non-hydrogen) atoms. The Morgan fingerprint density at radius 3 is 2.92 bits per heavy atom. The molecule has 0 radical (unpaired) electrons. The van der Waals surface area contributed by atoms with Crippen molar-refractivity contribution < 1.29 is 4.74 Å². The van der Waals surface area contributed by atoms with E-state index in [0.717, 1.165) is 0 Å². The van der Waals surface area contributed by atoms with E-state index in [1.165, 1.54) is 0 Å². The van der Waals surface area contributed by atoms with Crippen LogP contribution in [0.2, 0.25) is 0 Å². The molecule has 0 saturated carbocycles. The fourth-order valence-electron chi connectivity index (χ4n) is 0.848. The third-order valence-electron chi connectivity index (χ3n) is 1.34. The third kappa shape index (κ3) is 2.91. The highest BCUT2D eigenvalue weighted by Gasteiger charge is 2.05.